The van der Waals surface area contributed by atoms with Crippen LogP contribution < -0.4 is 0 Å². The van der Waals surface area contributed by atoms with Crippen LogP contribution >= 0.6 is 0 Å². The molecule has 1 fully saturated rings. The molecule has 5 heteroatoms. The fourth-order valence-corrected chi connectivity index (χ4v) is 2.66. The molecule has 0 amide bonds. The highest BCUT2D eigenvalue weighted by molar-refractivity contribution is 4.92. The molecular formula is C11H22N2O3. The van der Waals surface area contributed by atoms with E-state index >= 15 is 0 Å². The zero-order valence-electron chi connectivity index (χ0n) is 10.6. The van der Waals surface area contributed by atoms with Gasteiger partial charge < -0.3 is 10.0 Å². The summed E-state index contributed by atoms with van der Waals surface area (Å²) >= 11 is 0. The quantitative estimate of drug-likeness (QED) is 0.598. The second-order valence-corrected chi connectivity index (χ2v) is 5.92. The molecule has 1 atom stereocenters. The van der Waals surface area contributed by atoms with Gasteiger partial charge in [0.1, 0.15) is 6.61 Å². The molecule has 0 radical (unpaired) electrons. The molecule has 0 saturated carbocycles. The monoisotopic (exact) mass is 230 g/mol. The van der Waals surface area contributed by atoms with E-state index in [1.807, 2.05) is 27.7 Å². The average molecular weight is 230 g/mol. The summed E-state index contributed by atoms with van der Waals surface area (Å²) in [5, 5.41) is 14.1. The Morgan fingerprint density at radius 2 is 2.00 bits per heavy atom. The van der Waals surface area contributed by atoms with Crippen LogP contribution in [0.1, 0.15) is 47.0 Å². The van der Waals surface area contributed by atoms with Crippen LogP contribution in [0.15, 0.2) is 5.34 Å². The molecule has 1 unspecified atom stereocenters. The van der Waals surface area contributed by atoms with Crippen LogP contribution in [0.2, 0.25) is 0 Å². The van der Waals surface area contributed by atoms with E-state index in [-0.39, 0.29) is 17.0 Å². The van der Waals surface area contributed by atoms with Crippen molar-refractivity contribution in [2.45, 2.75) is 58.0 Å². The van der Waals surface area contributed by atoms with E-state index in [1.165, 1.54) is 5.06 Å². The van der Waals surface area contributed by atoms with Gasteiger partial charge in [-0.25, -0.2) is 0 Å². The Labute approximate surface area is 96.7 Å². The Morgan fingerprint density at radius 3 is 2.56 bits per heavy atom. The molecule has 5 nitrogen and oxygen atoms in total. The molecule has 1 rings (SSSR count). The molecule has 1 aliphatic heterocycles. The molecule has 0 aliphatic carbocycles. The third kappa shape index (κ3) is 2.92. The lowest BCUT2D eigenvalue weighted by Crippen LogP contribution is -2.52. The Kier molecular flexibility index (Phi) is 3.91. The zero-order chi connectivity index (χ0) is 12.4. The molecule has 0 aromatic heterocycles. The lowest BCUT2D eigenvalue weighted by atomic mass is 9.90. The maximum absolute atomic E-state index is 10.2. The van der Waals surface area contributed by atoms with Crippen molar-refractivity contribution in [2.75, 3.05) is 6.61 Å². The van der Waals surface area contributed by atoms with Gasteiger partial charge in [0.05, 0.1) is 0 Å². The summed E-state index contributed by atoms with van der Waals surface area (Å²) < 4.78 is 0. The minimum absolute atomic E-state index is 0.243. The highest BCUT2D eigenvalue weighted by Crippen LogP contribution is 2.37. The summed E-state index contributed by atoms with van der Waals surface area (Å²) in [5.41, 5.74) is -0.552. The fourth-order valence-electron chi connectivity index (χ4n) is 2.66. The minimum atomic E-state index is -0.309. The Balaban J connectivity index is 2.74. The van der Waals surface area contributed by atoms with Gasteiger partial charge in [-0.1, -0.05) is 0 Å². The SMILES string of the molecule is CC1(C)CCC(CON=O)CC(C)(C)N1O. The van der Waals surface area contributed by atoms with Crippen LogP contribution in [0.4, 0.5) is 0 Å². The molecule has 0 aromatic rings. The first kappa shape index (κ1) is 13.4. The first-order valence-corrected chi connectivity index (χ1v) is 5.73. The molecule has 1 heterocycles. The molecule has 1 saturated heterocycles. The van der Waals surface area contributed by atoms with Crippen molar-refractivity contribution in [3.63, 3.8) is 0 Å². The van der Waals surface area contributed by atoms with E-state index in [0.717, 1.165) is 19.3 Å². The van der Waals surface area contributed by atoms with Crippen LogP contribution in [0.5, 0.6) is 0 Å². The summed E-state index contributed by atoms with van der Waals surface area (Å²) in [4.78, 5) is 14.5. The van der Waals surface area contributed by atoms with Gasteiger partial charge in [0.2, 0.25) is 0 Å². The number of hydroxylamine groups is 2. The first-order valence-electron chi connectivity index (χ1n) is 5.73. The van der Waals surface area contributed by atoms with Gasteiger partial charge in [-0.3, -0.25) is 0 Å². The van der Waals surface area contributed by atoms with Gasteiger partial charge in [-0.05, 0) is 52.9 Å². The van der Waals surface area contributed by atoms with Crippen LogP contribution in [-0.4, -0.2) is 28.0 Å². The fraction of sp³-hybridized carbons (Fsp3) is 1.00. The highest BCUT2D eigenvalue weighted by Gasteiger charge is 2.41. The van der Waals surface area contributed by atoms with Crippen molar-refractivity contribution in [3.8, 4) is 0 Å². The molecule has 0 spiro atoms. The van der Waals surface area contributed by atoms with Crippen LogP contribution in [0.3, 0.4) is 0 Å². The molecule has 1 N–H and O–H groups in total. The molecular weight excluding hydrogens is 208 g/mol. The molecule has 16 heavy (non-hydrogen) atoms. The van der Waals surface area contributed by atoms with Gasteiger partial charge in [0.15, 0.2) is 5.34 Å². The lowest BCUT2D eigenvalue weighted by molar-refractivity contribution is -0.222. The van der Waals surface area contributed by atoms with E-state index < -0.39 is 0 Å². The van der Waals surface area contributed by atoms with E-state index in [4.69, 9.17) is 0 Å². The van der Waals surface area contributed by atoms with Gasteiger partial charge in [-0.2, -0.15) is 5.06 Å². The second kappa shape index (κ2) is 4.67. The Bertz CT molecular complexity index is 254. The normalized spacial score (nSPS) is 29.4. The largest absolute Gasteiger partial charge is 0.364 e. The lowest BCUT2D eigenvalue weighted by Gasteiger charge is -2.42. The van der Waals surface area contributed by atoms with Gasteiger partial charge in [0.25, 0.3) is 0 Å². The highest BCUT2D eigenvalue weighted by atomic mass is 16.7. The van der Waals surface area contributed by atoms with E-state index in [9.17, 15) is 10.1 Å². The number of nitrogens with zero attached hydrogens (tertiary/aromatic N) is 2. The first-order chi connectivity index (χ1) is 7.29. The number of rotatable bonds is 3. The molecule has 0 bridgehead atoms. The summed E-state index contributed by atoms with van der Waals surface area (Å²) in [5.74, 6) is 0.268. The Morgan fingerprint density at radius 1 is 1.38 bits per heavy atom. The molecule has 0 aromatic carbocycles. The van der Waals surface area contributed by atoms with Crippen LogP contribution in [-0.2, 0) is 4.84 Å². The smallest absolute Gasteiger partial charge is 0.155 e. The average Bonchev–Trinajstić information content (AvgIpc) is 2.26. The van der Waals surface area contributed by atoms with Crippen molar-refractivity contribution >= 4 is 0 Å². The summed E-state index contributed by atoms with van der Waals surface area (Å²) in [6, 6.07) is 0. The Hall–Kier alpha value is -0.680. The molecule has 1 aliphatic rings. The van der Waals surface area contributed by atoms with Crippen molar-refractivity contribution in [1.29, 1.82) is 0 Å². The third-order valence-electron chi connectivity index (χ3n) is 3.46. The third-order valence-corrected chi connectivity index (χ3v) is 3.46. The summed E-state index contributed by atoms with van der Waals surface area (Å²) in [6.07, 6.45) is 2.60. The number of hydrogen-bond donors (Lipinski definition) is 1. The van der Waals surface area contributed by atoms with Crippen LogP contribution in [0, 0.1) is 10.8 Å². The predicted molar refractivity (Wildman–Crippen MR) is 60.9 cm³/mol. The van der Waals surface area contributed by atoms with Crippen molar-refractivity contribution < 1.29 is 10.0 Å². The van der Waals surface area contributed by atoms with Gasteiger partial charge in [0, 0.05) is 11.1 Å². The molecule has 94 valence electrons. The summed E-state index contributed by atoms with van der Waals surface area (Å²) in [7, 11) is 0. The van der Waals surface area contributed by atoms with E-state index in [2.05, 4.69) is 10.2 Å². The van der Waals surface area contributed by atoms with Crippen molar-refractivity contribution in [2.24, 2.45) is 11.3 Å². The van der Waals surface area contributed by atoms with Gasteiger partial charge in [-0.15, -0.1) is 4.91 Å². The maximum atomic E-state index is 10.2. The second-order valence-electron chi connectivity index (χ2n) is 5.92. The number of hydrogen-bond acceptors (Lipinski definition) is 5. The van der Waals surface area contributed by atoms with E-state index in [0.29, 0.717) is 6.61 Å². The standard InChI is InChI=1S/C11H22N2O3/c1-10(2)6-5-9(8-16-12-14)7-11(3,4)13(10)15/h9,15H,5-8H2,1-4H3. The zero-order valence-corrected chi connectivity index (χ0v) is 10.6. The van der Waals surface area contributed by atoms with E-state index in [1.54, 1.807) is 0 Å². The minimum Gasteiger partial charge on any atom is -0.364 e. The predicted octanol–water partition coefficient (Wildman–Crippen LogP) is 2.73. The maximum Gasteiger partial charge on any atom is 0.155 e. The van der Waals surface area contributed by atoms with Crippen molar-refractivity contribution in [1.82, 2.24) is 5.06 Å². The van der Waals surface area contributed by atoms with Gasteiger partial charge >= 0.3 is 0 Å². The van der Waals surface area contributed by atoms with Crippen molar-refractivity contribution in [3.05, 3.63) is 4.91 Å². The topological polar surface area (TPSA) is 62.1 Å². The summed E-state index contributed by atoms with van der Waals surface area (Å²) in [6.45, 7) is 8.39. The van der Waals surface area contributed by atoms with Crippen LogP contribution in [0.25, 0.3) is 0 Å².